The smallest absolute Gasteiger partial charge is 0.229 e. The Morgan fingerprint density at radius 2 is 2.00 bits per heavy atom. The molecule has 0 unspecified atom stereocenters. The summed E-state index contributed by atoms with van der Waals surface area (Å²) >= 11 is 0. The standard InChI is InChI=1S/C11H12N2O/c1-7-3-4-9(5-8(7)2)10-6-13-14-11(10)12/h3-6H,12H2,1-2H3. The zero-order valence-electron chi connectivity index (χ0n) is 8.24. The van der Waals surface area contributed by atoms with Crippen molar-refractivity contribution in [2.45, 2.75) is 13.8 Å². The molecule has 3 nitrogen and oxygen atoms in total. The summed E-state index contributed by atoms with van der Waals surface area (Å²) < 4.78 is 4.82. The Morgan fingerprint density at radius 3 is 2.57 bits per heavy atom. The van der Waals surface area contributed by atoms with E-state index in [4.69, 9.17) is 10.3 Å². The minimum Gasteiger partial charge on any atom is -0.367 e. The number of benzene rings is 1. The van der Waals surface area contributed by atoms with Gasteiger partial charge in [0.05, 0.1) is 11.8 Å². The summed E-state index contributed by atoms with van der Waals surface area (Å²) in [5, 5.41) is 3.65. The number of hydrogen-bond donors (Lipinski definition) is 1. The summed E-state index contributed by atoms with van der Waals surface area (Å²) in [5.41, 5.74) is 10.0. The van der Waals surface area contributed by atoms with Crippen LogP contribution in [-0.4, -0.2) is 5.16 Å². The van der Waals surface area contributed by atoms with E-state index in [2.05, 4.69) is 31.1 Å². The molecule has 0 bridgehead atoms. The topological polar surface area (TPSA) is 52.0 Å². The molecule has 0 radical (unpaired) electrons. The molecule has 2 N–H and O–H groups in total. The zero-order valence-corrected chi connectivity index (χ0v) is 8.24. The highest BCUT2D eigenvalue weighted by molar-refractivity contribution is 5.72. The average molecular weight is 188 g/mol. The number of hydrogen-bond acceptors (Lipinski definition) is 3. The van der Waals surface area contributed by atoms with Crippen LogP contribution in [0.25, 0.3) is 11.1 Å². The largest absolute Gasteiger partial charge is 0.367 e. The van der Waals surface area contributed by atoms with Gasteiger partial charge in [0, 0.05) is 0 Å². The van der Waals surface area contributed by atoms with Crippen molar-refractivity contribution in [1.29, 1.82) is 0 Å². The highest BCUT2D eigenvalue weighted by atomic mass is 16.5. The Balaban J connectivity index is 2.53. The highest BCUT2D eigenvalue weighted by Crippen LogP contribution is 2.26. The van der Waals surface area contributed by atoms with Crippen molar-refractivity contribution in [1.82, 2.24) is 5.16 Å². The van der Waals surface area contributed by atoms with Crippen LogP contribution >= 0.6 is 0 Å². The summed E-state index contributed by atoms with van der Waals surface area (Å²) in [6.45, 7) is 4.15. The van der Waals surface area contributed by atoms with Crippen molar-refractivity contribution >= 4 is 5.88 Å². The van der Waals surface area contributed by atoms with Gasteiger partial charge in [-0.2, -0.15) is 0 Å². The Labute approximate surface area is 82.5 Å². The van der Waals surface area contributed by atoms with Crippen molar-refractivity contribution in [2.75, 3.05) is 5.73 Å². The quantitative estimate of drug-likeness (QED) is 0.748. The van der Waals surface area contributed by atoms with Gasteiger partial charge in [0.15, 0.2) is 0 Å². The van der Waals surface area contributed by atoms with Gasteiger partial charge < -0.3 is 10.3 Å². The number of anilines is 1. The number of nitrogens with two attached hydrogens (primary N) is 1. The summed E-state index contributed by atoms with van der Waals surface area (Å²) in [5.74, 6) is 0.369. The molecule has 0 saturated carbocycles. The predicted molar refractivity (Wildman–Crippen MR) is 55.8 cm³/mol. The van der Waals surface area contributed by atoms with Crippen LogP contribution in [0.1, 0.15) is 11.1 Å². The first-order chi connectivity index (χ1) is 6.68. The second kappa shape index (κ2) is 3.18. The lowest BCUT2D eigenvalue weighted by molar-refractivity contribution is 0.436. The minimum absolute atomic E-state index is 0.369. The van der Waals surface area contributed by atoms with E-state index in [0.717, 1.165) is 11.1 Å². The molecule has 0 amide bonds. The average Bonchev–Trinajstić information content (AvgIpc) is 2.57. The van der Waals surface area contributed by atoms with Gasteiger partial charge in [0.2, 0.25) is 5.88 Å². The molecule has 3 heteroatoms. The van der Waals surface area contributed by atoms with E-state index in [9.17, 15) is 0 Å². The van der Waals surface area contributed by atoms with Crippen LogP contribution in [-0.2, 0) is 0 Å². The third-order valence-corrected chi connectivity index (χ3v) is 2.42. The first-order valence-corrected chi connectivity index (χ1v) is 4.46. The molecule has 1 aromatic carbocycles. The molecule has 14 heavy (non-hydrogen) atoms. The molecule has 2 rings (SSSR count). The van der Waals surface area contributed by atoms with E-state index in [1.165, 1.54) is 11.1 Å². The molecule has 0 saturated heterocycles. The van der Waals surface area contributed by atoms with Crippen molar-refractivity contribution in [3.8, 4) is 11.1 Å². The lowest BCUT2D eigenvalue weighted by atomic mass is 10.0. The Hall–Kier alpha value is -1.77. The zero-order chi connectivity index (χ0) is 10.1. The van der Waals surface area contributed by atoms with E-state index in [1.807, 2.05) is 6.07 Å². The van der Waals surface area contributed by atoms with Gasteiger partial charge in [-0.15, -0.1) is 0 Å². The van der Waals surface area contributed by atoms with Crippen LogP contribution in [0.2, 0.25) is 0 Å². The minimum atomic E-state index is 0.369. The molecular weight excluding hydrogens is 176 g/mol. The second-order valence-electron chi connectivity index (χ2n) is 3.40. The third kappa shape index (κ3) is 1.37. The van der Waals surface area contributed by atoms with Gasteiger partial charge in [-0.1, -0.05) is 23.4 Å². The van der Waals surface area contributed by atoms with Gasteiger partial charge in [-0.05, 0) is 30.5 Å². The Kier molecular flexibility index (Phi) is 2.00. The normalized spacial score (nSPS) is 10.4. The summed E-state index contributed by atoms with van der Waals surface area (Å²) in [6, 6.07) is 6.17. The van der Waals surface area contributed by atoms with E-state index in [0.29, 0.717) is 5.88 Å². The maximum absolute atomic E-state index is 5.63. The lowest BCUT2D eigenvalue weighted by Gasteiger charge is -2.02. The fraction of sp³-hybridized carbons (Fsp3) is 0.182. The van der Waals surface area contributed by atoms with Crippen molar-refractivity contribution in [3.63, 3.8) is 0 Å². The van der Waals surface area contributed by atoms with Crippen molar-refractivity contribution < 1.29 is 4.52 Å². The maximum Gasteiger partial charge on any atom is 0.229 e. The maximum atomic E-state index is 5.63. The SMILES string of the molecule is Cc1ccc(-c2cnoc2N)cc1C. The number of aromatic nitrogens is 1. The van der Waals surface area contributed by atoms with Crippen LogP contribution < -0.4 is 5.73 Å². The van der Waals surface area contributed by atoms with Crippen LogP contribution in [0.15, 0.2) is 28.9 Å². The fourth-order valence-corrected chi connectivity index (χ4v) is 1.37. The lowest BCUT2D eigenvalue weighted by Crippen LogP contribution is -1.86. The molecule has 1 aromatic heterocycles. The highest BCUT2D eigenvalue weighted by Gasteiger charge is 2.07. The molecule has 0 aliphatic carbocycles. The monoisotopic (exact) mass is 188 g/mol. The molecule has 72 valence electrons. The first-order valence-electron chi connectivity index (χ1n) is 4.46. The summed E-state index contributed by atoms with van der Waals surface area (Å²) in [6.07, 6.45) is 1.64. The van der Waals surface area contributed by atoms with Gasteiger partial charge in [-0.3, -0.25) is 0 Å². The van der Waals surface area contributed by atoms with Crippen molar-refractivity contribution in [3.05, 3.63) is 35.5 Å². The van der Waals surface area contributed by atoms with Gasteiger partial charge in [-0.25, -0.2) is 0 Å². The molecule has 0 aliphatic heterocycles. The Bertz CT molecular complexity index is 460. The summed E-state index contributed by atoms with van der Waals surface area (Å²) in [7, 11) is 0. The molecule has 0 aliphatic rings. The molecule has 0 atom stereocenters. The molecule has 0 fully saturated rings. The third-order valence-electron chi connectivity index (χ3n) is 2.42. The summed E-state index contributed by atoms with van der Waals surface area (Å²) in [4.78, 5) is 0. The van der Waals surface area contributed by atoms with E-state index in [-0.39, 0.29) is 0 Å². The molecular formula is C11H12N2O. The number of rotatable bonds is 1. The Morgan fingerprint density at radius 1 is 1.21 bits per heavy atom. The fourth-order valence-electron chi connectivity index (χ4n) is 1.37. The molecule has 0 spiro atoms. The number of nitrogens with zero attached hydrogens (tertiary/aromatic N) is 1. The van der Waals surface area contributed by atoms with Crippen LogP contribution in [0, 0.1) is 13.8 Å². The molecule has 2 aromatic rings. The first kappa shape index (κ1) is 8.81. The van der Waals surface area contributed by atoms with Gasteiger partial charge in [0.1, 0.15) is 0 Å². The van der Waals surface area contributed by atoms with Gasteiger partial charge >= 0.3 is 0 Å². The van der Waals surface area contributed by atoms with Crippen LogP contribution in [0.3, 0.4) is 0 Å². The van der Waals surface area contributed by atoms with Gasteiger partial charge in [0.25, 0.3) is 0 Å². The number of nitrogen functional groups attached to an aromatic ring is 1. The van der Waals surface area contributed by atoms with Crippen LogP contribution in [0.4, 0.5) is 5.88 Å². The van der Waals surface area contributed by atoms with E-state index < -0.39 is 0 Å². The van der Waals surface area contributed by atoms with E-state index in [1.54, 1.807) is 6.20 Å². The van der Waals surface area contributed by atoms with E-state index >= 15 is 0 Å². The number of aryl methyl sites for hydroxylation is 2. The second-order valence-corrected chi connectivity index (χ2v) is 3.40. The van der Waals surface area contributed by atoms with Crippen LogP contribution in [0.5, 0.6) is 0 Å². The molecule has 1 heterocycles. The van der Waals surface area contributed by atoms with Crippen molar-refractivity contribution in [2.24, 2.45) is 0 Å². The predicted octanol–water partition coefficient (Wildman–Crippen LogP) is 2.54.